The summed E-state index contributed by atoms with van der Waals surface area (Å²) < 4.78 is 7.35. The fourth-order valence-corrected chi connectivity index (χ4v) is 19.2. The van der Waals surface area contributed by atoms with Gasteiger partial charge in [0.1, 0.15) is 11.2 Å². The predicted octanol–water partition coefficient (Wildman–Crippen LogP) is 14.1. The summed E-state index contributed by atoms with van der Waals surface area (Å²) in [5.41, 5.74) is 20.4. The maximum Gasteiger partial charge on any atom is 0.336 e. The number of rotatable bonds is 6. The highest BCUT2D eigenvalue weighted by molar-refractivity contribution is 7.22. The Bertz CT molecular complexity index is 4030. The van der Waals surface area contributed by atoms with Crippen LogP contribution in [-0.2, 0) is 10.8 Å². The normalized spacial score (nSPS) is 15.9. The minimum atomic E-state index is -3.00. The van der Waals surface area contributed by atoms with E-state index in [-0.39, 0.29) is 17.7 Å². The number of nitrogens with zero attached hydrogens (tertiary/aromatic N) is 3. The topological polar surface area (TPSA) is 22.9 Å². The van der Waals surface area contributed by atoms with Gasteiger partial charge in [-0.25, -0.2) is 0 Å². The Morgan fingerprint density at radius 2 is 1.05 bits per heavy atom. The fraction of sp³-hybridized carbons (Fsp3) is 0.130. The minimum absolute atomic E-state index is 0.00339. The third kappa shape index (κ3) is 6.18. The van der Waals surface area contributed by atoms with Crippen molar-refractivity contribution in [1.82, 2.24) is 0 Å². The molecule has 1 aliphatic carbocycles. The molecule has 4 heterocycles. The Morgan fingerprint density at radius 3 is 1.73 bits per heavy atom. The Hall–Kier alpha value is -8.32. The van der Waals surface area contributed by atoms with Crippen LogP contribution in [0.25, 0.3) is 33.1 Å². The van der Waals surface area contributed by atoms with Crippen LogP contribution in [-0.4, -0.2) is 14.9 Å². The molecule has 75 heavy (non-hydrogen) atoms. The summed E-state index contributed by atoms with van der Waals surface area (Å²) in [6.07, 6.45) is 2.29. The lowest BCUT2D eigenvalue weighted by Gasteiger charge is -2.52. The Labute approximate surface area is 441 Å². The highest BCUT2D eigenvalue weighted by Gasteiger charge is 2.56. The molecular formula is C69H56BN3OSi. The molecule has 0 atom stereocenters. The van der Waals surface area contributed by atoms with Gasteiger partial charge >= 0.3 is 6.85 Å². The lowest BCUT2D eigenvalue weighted by Crippen LogP contribution is -2.79. The van der Waals surface area contributed by atoms with Gasteiger partial charge in [-0.15, -0.1) is 0 Å². The quantitative estimate of drug-likeness (QED) is 0.155. The van der Waals surface area contributed by atoms with Crippen molar-refractivity contribution >= 4 is 114 Å². The van der Waals surface area contributed by atoms with E-state index in [4.69, 9.17) is 4.42 Å². The van der Waals surface area contributed by atoms with E-state index in [0.717, 1.165) is 57.5 Å². The van der Waals surface area contributed by atoms with Gasteiger partial charge < -0.3 is 19.0 Å². The maximum absolute atomic E-state index is 7.35. The monoisotopic (exact) mass is 981 g/mol. The van der Waals surface area contributed by atoms with Gasteiger partial charge in [-0.3, -0.25) is 0 Å². The number of hydrogen-bond acceptors (Lipinski definition) is 4. The van der Waals surface area contributed by atoms with E-state index < -0.39 is 8.07 Å². The highest BCUT2D eigenvalue weighted by atomic mass is 28.3. The largest absolute Gasteiger partial charge is 0.456 e. The zero-order chi connectivity index (χ0) is 50.4. The number of para-hydroxylation sites is 5. The van der Waals surface area contributed by atoms with Crippen LogP contribution in [0.4, 0.5) is 45.5 Å². The van der Waals surface area contributed by atoms with Gasteiger partial charge in [-0.1, -0.05) is 185 Å². The molecule has 1 aromatic heterocycles. The number of fused-ring (bicyclic) bond motifs is 11. The van der Waals surface area contributed by atoms with Crippen molar-refractivity contribution in [3.63, 3.8) is 0 Å². The molecule has 11 aromatic rings. The van der Waals surface area contributed by atoms with Crippen LogP contribution >= 0.6 is 0 Å². The van der Waals surface area contributed by atoms with Gasteiger partial charge in [0.2, 0.25) is 0 Å². The van der Waals surface area contributed by atoms with E-state index in [9.17, 15) is 0 Å². The number of furan rings is 1. The number of hydrogen-bond donors (Lipinski definition) is 0. The van der Waals surface area contributed by atoms with Crippen molar-refractivity contribution in [2.24, 2.45) is 0 Å². The predicted molar refractivity (Wildman–Crippen MR) is 319 cm³/mol. The Morgan fingerprint density at radius 1 is 0.467 bits per heavy atom. The average molecular weight is 982 g/mol. The molecule has 360 valence electrons. The van der Waals surface area contributed by atoms with Crippen LogP contribution in [0.2, 0.25) is 0 Å². The summed E-state index contributed by atoms with van der Waals surface area (Å²) in [4.78, 5) is 7.85. The lowest BCUT2D eigenvalue weighted by molar-refractivity contribution is 0.332. The standard InChI is InChI=1S/C69H56BN3OSi/c1-45-41-55-56(69(4,5)40-39-68(55,2)3)44-59(45)72-58-38-37-53-51-31-18-20-34-61(51)74-67(53)65(58)70-64-54(42-48(43-60(64)72)71(46-23-10-6-11-24-46)47-25-12-7-13-26-47)52-32-22-36-63-66(52)73(70)57-33-19-21-35-62(57)75(63,49-27-14-8-15-28-49)50-29-16-9-17-30-50/h6-38,41-44H,39-40H2,1-5H3. The Kier molecular flexibility index (Phi) is 9.48. The molecular weight excluding hydrogens is 926 g/mol. The molecule has 3 aliphatic heterocycles. The van der Waals surface area contributed by atoms with E-state index in [1.807, 2.05) is 0 Å². The smallest absolute Gasteiger partial charge is 0.336 e. The molecule has 0 spiro atoms. The second kappa shape index (κ2) is 16.1. The summed E-state index contributed by atoms with van der Waals surface area (Å²) >= 11 is 0. The maximum atomic E-state index is 7.35. The highest BCUT2D eigenvalue weighted by Crippen LogP contribution is 2.54. The zero-order valence-electron chi connectivity index (χ0n) is 43.1. The summed E-state index contributed by atoms with van der Waals surface area (Å²) in [6, 6.07) is 84.8. The molecule has 0 N–H and O–H groups in total. The van der Waals surface area contributed by atoms with Crippen LogP contribution in [0.1, 0.15) is 57.2 Å². The molecule has 4 nitrogen and oxygen atoms in total. The van der Waals surface area contributed by atoms with Gasteiger partial charge in [-0.2, -0.15) is 0 Å². The number of aryl methyl sites for hydroxylation is 1. The first-order valence-corrected chi connectivity index (χ1v) is 28.8. The second-order valence-corrected chi connectivity index (χ2v) is 26.4. The lowest BCUT2D eigenvalue weighted by atomic mass is 9.43. The molecule has 4 aliphatic rings. The molecule has 15 rings (SSSR count). The summed E-state index contributed by atoms with van der Waals surface area (Å²) in [6.45, 7) is 11.9. The SMILES string of the molecule is Cc1cc2c(cc1N1c3cc(N(c4ccccc4)c4ccccc4)cc4c3B(c3c1ccc1c3oc3ccccc31)N1c3ccccc3[Si](c3ccccc3)(c3ccccc3)c3cccc-4c31)C(C)(C)CCC2(C)C. The second-order valence-electron chi connectivity index (χ2n) is 22.7. The molecule has 0 saturated carbocycles. The first-order chi connectivity index (χ1) is 36.6. The van der Waals surface area contributed by atoms with E-state index in [0.29, 0.717) is 0 Å². The fourth-order valence-electron chi connectivity index (χ4n) is 14.1. The van der Waals surface area contributed by atoms with Gasteiger partial charge in [-0.05, 0) is 146 Å². The summed E-state index contributed by atoms with van der Waals surface area (Å²) in [5, 5.41) is 7.81. The molecule has 6 heteroatoms. The molecule has 0 bridgehead atoms. The van der Waals surface area contributed by atoms with Gasteiger partial charge in [0.15, 0.2) is 8.07 Å². The summed E-state index contributed by atoms with van der Waals surface area (Å²) in [5.74, 6) is 0. The van der Waals surface area contributed by atoms with E-state index >= 15 is 0 Å². The molecule has 0 radical (unpaired) electrons. The van der Waals surface area contributed by atoms with Crippen molar-refractivity contribution in [1.29, 1.82) is 0 Å². The molecule has 0 saturated heterocycles. The summed E-state index contributed by atoms with van der Waals surface area (Å²) in [7, 11) is -3.00. The van der Waals surface area contributed by atoms with Crippen LogP contribution < -0.4 is 46.3 Å². The number of anilines is 8. The van der Waals surface area contributed by atoms with Crippen LogP contribution in [0.15, 0.2) is 229 Å². The van der Waals surface area contributed by atoms with E-state index in [1.54, 1.807) is 0 Å². The zero-order valence-corrected chi connectivity index (χ0v) is 44.1. The van der Waals surface area contributed by atoms with Gasteiger partial charge in [0, 0.05) is 67.3 Å². The molecule has 0 amide bonds. The van der Waals surface area contributed by atoms with Crippen molar-refractivity contribution < 1.29 is 4.42 Å². The van der Waals surface area contributed by atoms with Crippen molar-refractivity contribution in [3.05, 3.63) is 241 Å². The van der Waals surface area contributed by atoms with Crippen molar-refractivity contribution in [2.45, 2.75) is 58.3 Å². The van der Waals surface area contributed by atoms with Gasteiger partial charge in [0.05, 0.1) is 0 Å². The third-order valence-corrected chi connectivity index (χ3v) is 22.5. The van der Waals surface area contributed by atoms with E-state index in [2.05, 4.69) is 274 Å². The first kappa shape index (κ1) is 44.2. The van der Waals surface area contributed by atoms with Crippen molar-refractivity contribution in [2.75, 3.05) is 14.6 Å². The van der Waals surface area contributed by atoms with Crippen LogP contribution in [0.3, 0.4) is 0 Å². The van der Waals surface area contributed by atoms with Crippen molar-refractivity contribution in [3.8, 4) is 11.1 Å². The molecule has 10 aromatic carbocycles. The van der Waals surface area contributed by atoms with Crippen LogP contribution in [0, 0.1) is 6.92 Å². The molecule has 0 unspecified atom stereocenters. The first-order valence-electron chi connectivity index (χ1n) is 26.8. The minimum Gasteiger partial charge on any atom is -0.456 e. The molecule has 0 fully saturated rings. The third-order valence-electron chi connectivity index (χ3n) is 17.6. The number of benzene rings is 10. The van der Waals surface area contributed by atoms with E-state index in [1.165, 1.54) is 82.2 Å². The van der Waals surface area contributed by atoms with Crippen LogP contribution in [0.5, 0.6) is 0 Å². The Balaban J connectivity index is 1.13. The van der Waals surface area contributed by atoms with Gasteiger partial charge in [0.25, 0.3) is 0 Å². The average Bonchev–Trinajstić information content (AvgIpc) is 3.88.